The maximum atomic E-state index is 12.7. The summed E-state index contributed by atoms with van der Waals surface area (Å²) in [6.07, 6.45) is 5.70. The van der Waals surface area contributed by atoms with E-state index in [1.807, 2.05) is 17.0 Å². The van der Waals surface area contributed by atoms with Crippen LogP contribution >= 0.6 is 12.2 Å². The molecule has 0 radical (unpaired) electrons. The molecule has 2 aliphatic rings. The van der Waals surface area contributed by atoms with Crippen molar-refractivity contribution in [3.8, 4) is 0 Å². The standard InChI is InChI=1S/C24H29N5O3S/c1-17-6-2-3-15-28(17)20-10-8-19(9-11-20)25-24(33)26-23(30)18-7-12-21(22(16-18)29(31)32)27-13-4-5-14-27/h7-12,16-17H,2-6,13-15H2,1H3,(H2,25,26,30,33)/t17-/m0/s1. The molecule has 2 aliphatic heterocycles. The second kappa shape index (κ2) is 10.2. The first-order chi connectivity index (χ1) is 15.9. The van der Waals surface area contributed by atoms with Crippen molar-refractivity contribution in [2.45, 2.75) is 45.1 Å². The van der Waals surface area contributed by atoms with Gasteiger partial charge in [0.2, 0.25) is 0 Å². The second-order valence-corrected chi connectivity index (χ2v) is 9.06. The number of thiocarbonyl (C=S) groups is 1. The minimum Gasteiger partial charge on any atom is -0.369 e. The normalized spacial score (nSPS) is 18.2. The number of rotatable bonds is 5. The number of piperidine rings is 1. The molecule has 2 fully saturated rings. The van der Waals surface area contributed by atoms with Gasteiger partial charge >= 0.3 is 0 Å². The Labute approximate surface area is 199 Å². The van der Waals surface area contributed by atoms with E-state index in [2.05, 4.69) is 34.6 Å². The highest BCUT2D eigenvalue weighted by molar-refractivity contribution is 7.80. The van der Waals surface area contributed by atoms with E-state index in [9.17, 15) is 14.9 Å². The third-order valence-corrected chi connectivity index (χ3v) is 6.57. The molecular weight excluding hydrogens is 438 g/mol. The maximum Gasteiger partial charge on any atom is 0.293 e. The number of hydrogen-bond acceptors (Lipinski definition) is 6. The topological polar surface area (TPSA) is 90.8 Å². The Hall–Kier alpha value is -3.20. The summed E-state index contributed by atoms with van der Waals surface area (Å²) in [4.78, 5) is 28.2. The average molecular weight is 468 g/mol. The lowest BCUT2D eigenvalue weighted by molar-refractivity contribution is -0.384. The van der Waals surface area contributed by atoms with Crippen LogP contribution in [0.15, 0.2) is 42.5 Å². The van der Waals surface area contributed by atoms with Crippen molar-refractivity contribution in [2.24, 2.45) is 0 Å². The maximum absolute atomic E-state index is 12.7. The van der Waals surface area contributed by atoms with Crippen LogP contribution in [0.2, 0.25) is 0 Å². The first-order valence-electron chi connectivity index (χ1n) is 11.4. The van der Waals surface area contributed by atoms with Crippen LogP contribution in [0.1, 0.15) is 49.4 Å². The molecule has 2 aromatic carbocycles. The van der Waals surface area contributed by atoms with Gasteiger partial charge in [-0.1, -0.05) is 0 Å². The monoisotopic (exact) mass is 467 g/mol. The number of nitro benzene ring substituents is 1. The second-order valence-electron chi connectivity index (χ2n) is 8.65. The Balaban J connectivity index is 1.39. The van der Waals surface area contributed by atoms with Crippen LogP contribution in [-0.4, -0.2) is 41.6 Å². The van der Waals surface area contributed by atoms with Crippen LogP contribution in [-0.2, 0) is 0 Å². The first-order valence-corrected chi connectivity index (χ1v) is 11.9. The van der Waals surface area contributed by atoms with E-state index in [-0.39, 0.29) is 16.4 Å². The van der Waals surface area contributed by atoms with Gasteiger partial charge in [-0.15, -0.1) is 0 Å². The highest BCUT2D eigenvalue weighted by Gasteiger charge is 2.24. The van der Waals surface area contributed by atoms with Gasteiger partial charge in [-0.2, -0.15) is 0 Å². The average Bonchev–Trinajstić information content (AvgIpc) is 3.34. The predicted molar refractivity (Wildman–Crippen MR) is 135 cm³/mol. The van der Waals surface area contributed by atoms with Crippen LogP contribution < -0.4 is 20.4 Å². The predicted octanol–water partition coefficient (Wildman–Crippen LogP) is 4.70. The molecule has 0 spiro atoms. The number of benzene rings is 2. The Morgan fingerprint density at radius 2 is 1.76 bits per heavy atom. The summed E-state index contributed by atoms with van der Waals surface area (Å²) in [5.41, 5.74) is 2.63. The molecule has 9 heteroatoms. The fourth-order valence-corrected chi connectivity index (χ4v) is 4.80. The molecule has 2 saturated heterocycles. The van der Waals surface area contributed by atoms with Crippen LogP contribution in [0.25, 0.3) is 0 Å². The van der Waals surface area contributed by atoms with Crippen molar-refractivity contribution in [3.63, 3.8) is 0 Å². The van der Waals surface area contributed by atoms with Crippen molar-refractivity contribution < 1.29 is 9.72 Å². The number of carbonyl (C=O) groups is 1. The Morgan fingerprint density at radius 3 is 2.42 bits per heavy atom. The zero-order valence-electron chi connectivity index (χ0n) is 18.8. The molecule has 0 aliphatic carbocycles. The smallest absolute Gasteiger partial charge is 0.293 e. The molecule has 2 aromatic rings. The fraction of sp³-hybridized carbons (Fsp3) is 0.417. The summed E-state index contributed by atoms with van der Waals surface area (Å²) in [6.45, 7) is 4.88. The number of nitrogens with zero attached hydrogens (tertiary/aromatic N) is 3. The van der Waals surface area contributed by atoms with E-state index in [0.717, 1.165) is 38.2 Å². The molecule has 0 unspecified atom stereocenters. The van der Waals surface area contributed by atoms with Crippen molar-refractivity contribution in [3.05, 3.63) is 58.1 Å². The number of amides is 1. The summed E-state index contributed by atoms with van der Waals surface area (Å²) in [6, 6.07) is 13.1. The lowest BCUT2D eigenvalue weighted by Gasteiger charge is -2.35. The lowest BCUT2D eigenvalue weighted by atomic mass is 10.0. The van der Waals surface area contributed by atoms with Crippen molar-refractivity contribution in [2.75, 3.05) is 34.8 Å². The quantitative estimate of drug-likeness (QED) is 0.374. The summed E-state index contributed by atoms with van der Waals surface area (Å²) >= 11 is 5.29. The minimum atomic E-state index is -0.484. The third kappa shape index (κ3) is 5.42. The largest absolute Gasteiger partial charge is 0.369 e. The van der Waals surface area contributed by atoms with Crippen molar-refractivity contribution in [1.29, 1.82) is 0 Å². The van der Waals surface area contributed by atoms with Gasteiger partial charge in [0.25, 0.3) is 11.6 Å². The number of nitrogens with one attached hydrogen (secondary N) is 2. The Morgan fingerprint density at radius 1 is 1.06 bits per heavy atom. The molecule has 1 amide bonds. The number of carbonyl (C=O) groups excluding carboxylic acids is 1. The van der Waals surface area contributed by atoms with E-state index in [0.29, 0.717) is 11.7 Å². The van der Waals surface area contributed by atoms with E-state index in [1.165, 1.54) is 31.0 Å². The SMILES string of the molecule is C[C@H]1CCCCN1c1ccc(NC(=S)NC(=O)c2ccc(N3CCCC3)c([N+](=O)[O-])c2)cc1. The fourth-order valence-electron chi connectivity index (χ4n) is 4.59. The lowest BCUT2D eigenvalue weighted by Crippen LogP contribution is -2.37. The van der Waals surface area contributed by atoms with Crippen LogP contribution in [0.4, 0.5) is 22.7 Å². The molecular formula is C24H29N5O3S. The van der Waals surface area contributed by atoms with Gasteiger partial charge < -0.3 is 15.1 Å². The molecule has 4 rings (SSSR count). The molecule has 33 heavy (non-hydrogen) atoms. The van der Waals surface area contributed by atoms with Gasteiger partial charge in [0.05, 0.1) is 4.92 Å². The van der Waals surface area contributed by atoms with Crippen LogP contribution in [0.5, 0.6) is 0 Å². The first kappa shape index (κ1) is 23.0. The third-order valence-electron chi connectivity index (χ3n) is 6.37. The van der Waals surface area contributed by atoms with Gasteiger partial charge in [-0.3, -0.25) is 20.2 Å². The molecule has 0 bridgehead atoms. The van der Waals surface area contributed by atoms with Crippen LogP contribution in [0.3, 0.4) is 0 Å². The zero-order valence-corrected chi connectivity index (χ0v) is 19.6. The number of nitro groups is 1. The molecule has 2 heterocycles. The molecule has 174 valence electrons. The van der Waals surface area contributed by atoms with Gasteiger partial charge in [0, 0.05) is 48.7 Å². The van der Waals surface area contributed by atoms with Gasteiger partial charge in [-0.25, -0.2) is 0 Å². The van der Waals surface area contributed by atoms with Crippen molar-refractivity contribution >= 4 is 46.0 Å². The Kier molecular flexibility index (Phi) is 7.08. The van der Waals surface area contributed by atoms with E-state index in [1.54, 1.807) is 12.1 Å². The highest BCUT2D eigenvalue weighted by Crippen LogP contribution is 2.31. The molecule has 8 nitrogen and oxygen atoms in total. The van der Waals surface area contributed by atoms with Crippen LogP contribution in [0, 0.1) is 10.1 Å². The van der Waals surface area contributed by atoms with E-state index >= 15 is 0 Å². The summed E-state index contributed by atoms with van der Waals surface area (Å²) in [7, 11) is 0. The Bertz CT molecular complexity index is 1040. The minimum absolute atomic E-state index is 0.0639. The number of hydrogen-bond donors (Lipinski definition) is 2. The summed E-state index contributed by atoms with van der Waals surface area (Å²) < 4.78 is 0. The van der Waals surface area contributed by atoms with Gasteiger partial charge in [0.15, 0.2) is 5.11 Å². The molecule has 0 aromatic heterocycles. The number of anilines is 3. The summed E-state index contributed by atoms with van der Waals surface area (Å²) in [5, 5.41) is 17.4. The highest BCUT2D eigenvalue weighted by atomic mass is 32.1. The van der Waals surface area contributed by atoms with E-state index in [4.69, 9.17) is 12.2 Å². The summed E-state index contributed by atoms with van der Waals surface area (Å²) in [5.74, 6) is -0.484. The van der Waals surface area contributed by atoms with Gasteiger partial charge in [0.1, 0.15) is 5.69 Å². The van der Waals surface area contributed by atoms with Crippen molar-refractivity contribution in [1.82, 2.24) is 5.32 Å². The zero-order chi connectivity index (χ0) is 23.4. The molecule has 1 atom stereocenters. The molecule has 0 saturated carbocycles. The van der Waals surface area contributed by atoms with Gasteiger partial charge in [-0.05, 0) is 87.6 Å². The molecule has 2 N–H and O–H groups in total. The van der Waals surface area contributed by atoms with E-state index < -0.39 is 10.8 Å².